The van der Waals surface area contributed by atoms with Crippen LogP contribution in [0.3, 0.4) is 0 Å². The van der Waals surface area contributed by atoms with Gasteiger partial charge < -0.3 is 15.8 Å². The Morgan fingerprint density at radius 1 is 1.33 bits per heavy atom. The van der Waals surface area contributed by atoms with Crippen LogP contribution in [-0.4, -0.2) is 25.6 Å². The van der Waals surface area contributed by atoms with Gasteiger partial charge in [-0.1, -0.05) is 13.8 Å². The van der Waals surface area contributed by atoms with Crippen molar-refractivity contribution >= 4 is 5.91 Å². The van der Waals surface area contributed by atoms with E-state index in [2.05, 4.69) is 5.32 Å². The van der Waals surface area contributed by atoms with E-state index in [4.69, 9.17) is 10.5 Å². The summed E-state index contributed by atoms with van der Waals surface area (Å²) < 4.78 is 32.3. The van der Waals surface area contributed by atoms with Crippen molar-refractivity contribution in [3.05, 3.63) is 29.3 Å². The van der Waals surface area contributed by atoms with E-state index in [1.54, 1.807) is 0 Å². The third-order valence-electron chi connectivity index (χ3n) is 2.88. The SMILES string of the molecule is CC(C)CCNC(=O)COc1c(F)cc(CCN)cc1F. The van der Waals surface area contributed by atoms with Gasteiger partial charge in [-0.2, -0.15) is 0 Å². The number of halogens is 2. The first-order valence-electron chi connectivity index (χ1n) is 7.01. The first-order chi connectivity index (χ1) is 9.93. The van der Waals surface area contributed by atoms with Crippen LogP contribution in [-0.2, 0) is 11.2 Å². The normalized spacial score (nSPS) is 10.8. The summed E-state index contributed by atoms with van der Waals surface area (Å²) in [4.78, 5) is 11.5. The molecule has 1 amide bonds. The molecule has 0 bridgehead atoms. The molecule has 4 nitrogen and oxygen atoms in total. The van der Waals surface area contributed by atoms with Gasteiger partial charge in [0.05, 0.1) is 0 Å². The molecule has 1 rings (SSSR count). The fourth-order valence-electron chi connectivity index (χ4n) is 1.75. The van der Waals surface area contributed by atoms with E-state index in [-0.39, 0.29) is 0 Å². The number of nitrogens with two attached hydrogens (primary N) is 1. The van der Waals surface area contributed by atoms with Crippen LogP contribution in [0.4, 0.5) is 8.78 Å². The van der Waals surface area contributed by atoms with E-state index in [1.807, 2.05) is 13.8 Å². The van der Waals surface area contributed by atoms with Crippen LogP contribution in [0.2, 0.25) is 0 Å². The molecule has 0 spiro atoms. The Morgan fingerprint density at radius 2 is 1.95 bits per heavy atom. The molecule has 0 heterocycles. The van der Waals surface area contributed by atoms with E-state index in [9.17, 15) is 13.6 Å². The number of ether oxygens (including phenoxy) is 1. The van der Waals surface area contributed by atoms with Gasteiger partial charge >= 0.3 is 0 Å². The highest BCUT2D eigenvalue weighted by molar-refractivity contribution is 5.77. The molecule has 0 unspecified atom stereocenters. The molecule has 0 aliphatic carbocycles. The monoisotopic (exact) mass is 300 g/mol. The number of hydrogen-bond donors (Lipinski definition) is 2. The lowest BCUT2D eigenvalue weighted by molar-refractivity contribution is -0.123. The van der Waals surface area contributed by atoms with E-state index >= 15 is 0 Å². The molecule has 0 atom stereocenters. The zero-order valence-corrected chi connectivity index (χ0v) is 12.4. The van der Waals surface area contributed by atoms with Crippen molar-refractivity contribution in [1.82, 2.24) is 5.32 Å². The van der Waals surface area contributed by atoms with Gasteiger partial charge in [-0.3, -0.25) is 4.79 Å². The lowest BCUT2D eigenvalue weighted by Gasteiger charge is -2.11. The topological polar surface area (TPSA) is 64.3 Å². The second-order valence-corrected chi connectivity index (χ2v) is 5.25. The summed E-state index contributed by atoms with van der Waals surface area (Å²) in [5.74, 6) is -2.12. The van der Waals surface area contributed by atoms with Gasteiger partial charge in [-0.05, 0) is 43.0 Å². The number of carbonyl (C=O) groups is 1. The van der Waals surface area contributed by atoms with Crippen LogP contribution in [0.15, 0.2) is 12.1 Å². The molecule has 3 N–H and O–H groups in total. The maximum absolute atomic E-state index is 13.7. The van der Waals surface area contributed by atoms with Crippen molar-refractivity contribution in [2.24, 2.45) is 11.7 Å². The zero-order valence-electron chi connectivity index (χ0n) is 12.4. The number of hydrogen-bond acceptors (Lipinski definition) is 3. The predicted molar refractivity (Wildman–Crippen MR) is 77.1 cm³/mol. The molecule has 1 aromatic carbocycles. The number of amides is 1. The second-order valence-electron chi connectivity index (χ2n) is 5.25. The highest BCUT2D eigenvalue weighted by atomic mass is 19.1. The first-order valence-corrected chi connectivity index (χ1v) is 7.01. The van der Waals surface area contributed by atoms with E-state index in [0.29, 0.717) is 31.0 Å². The molecule has 118 valence electrons. The molecule has 1 aromatic rings. The lowest BCUT2D eigenvalue weighted by Crippen LogP contribution is -2.30. The van der Waals surface area contributed by atoms with Crippen molar-refractivity contribution in [2.45, 2.75) is 26.7 Å². The molecule has 0 aliphatic heterocycles. The zero-order chi connectivity index (χ0) is 15.8. The smallest absolute Gasteiger partial charge is 0.257 e. The number of carbonyl (C=O) groups excluding carboxylic acids is 1. The van der Waals surface area contributed by atoms with Crippen LogP contribution in [0.1, 0.15) is 25.8 Å². The number of benzene rings is 1. The van der Waals surface area contributed by atoms with Crippen LogP contribution >= 0.6 is 0 Å². The number of nitrogens with one attached hydrogen (secondary N) is 1. The largest absolute Gasteiger partial charge is 0.478 e. The summed E-state index contributed by atoms with van der Waals surface area (Å²) >= 11 is 0. The van der Waals surface area contributed by atoms with Crippen LogP contribution < -0.4 is 15.8 Å². The van der Waals surface area contributed by atoms with Crippen molar-refractivity contribution < 1.29 is 18.3 Å². The highest BCUT2D eigenvalue weighted by Crippen LogP contribution is 2.23. The van der Waals surface area contributed by atoms with Crippen molar-refractivity contribution in [1.29, 1.82) is 0 Å². The van der Waals surface area contributed by atoms with Gasteiger partial charge in [0.1, 0.15) is 0 Å². The minimum atomic E-state index is -0.826. The third-order valence-corrected chi connectivity index (χ3v) is 2.88. The van der Waals surface area contributed by atoms with Gasteiger partial charge in [0.15, 0.2) is 24.0 Å². The summed E-state index contributed by atoms with van der Waals surface area (Å²) in [6.07, 6.45) is 1.21. The van der Waals surface area contributed by atoms with Crippen molar-refractivity contribution in [3.8, 4) is 5.75 Å². The molecule has 0 aliphatic rings. The Hall–Kier alpha value is -1.69. The van der Waals surface area contributed by atoms with Crippen molar-refractivity contribution in [3.63, 3.8) is 0 Å². The molecule has 0 radical (unpaired) electrons. The molecule has 0 saturated heterocycles. The Balaban J connectivity index is 2.53. The molecular formula is C15H22F2N2O2. The second kappa shape index (κ2) is 8.56. The fraction of sp³-hybridized carbons (Fsp3) is 0.533. The molecule has 6 heteroatoms. The summed E-state index contributed by atoms with van der Waals surface area (Å²) in [5.41, 5.74) is 5.80. The minimum Gasteiger partial charge on any atom is -0.478 e. The summed E-state index contributed by atoms with van der Waals surface area (Å²) in [7, 11) is 0. The molecule has 0 aromatic heterocycles. The fourth-order valence-corrected chi connectivity index (χ4v) is 1.75. The van der Waals surface area contributed by atoms with E-state index in [1.165, 1.54) is 12.1 Å². The molecular weight excluding hydrogens is 278 g/mol. The summed E-state index contributed by atoms with van der Waals surface area (Å²) in [6, 6.07) is 2.34. The highest BCUT2D eigenvalue weighted by Gasteiger charge is 2.14. The standard InChI is InChI=1S/C15H22F2N2O2/c1-10(2)4-6-19-14(20)9-21-15-12(16)7-11(3-5-18)8-13(15)17/h7-8,10H,3-6,9,18H2,1-2H3,(H,19,20). The van der Waals surface area contributed by atoms with Gasteiger partial charge in [0, 0.05) is 6.54 Å². The minimum absolute atomic E-state index is 0.303. The Kier molecular flexibility index (Phi) is 7.08. The Labute approximate surface area is 123 Å². The van der Waals surface area contributed by atoms with Crippen LogP contribution in [0, 0.1) is 17.6 Å². The Morgan fingerprint density at radius 3 is 2.48 bits per heavy atom. The quantitative estimate of drug-likeness (QED) is 0.772. The van der Waals surface area contributed by atoms with Crippen molar-refractivity contribution in [2.75, 3.05) is 19.7 Å². The number of rotatable bonds is 8. The van der Waals surface area contributed by atoms with Crippen LogP contribution in [0.25, 0.3) is 0 Å². The average Bonchev–Trinajstić information content (AvgIpc) is 2.37. The molecule has 0 saturated carbocycles. The lowest BCUT2D eigenvalue weighted by atomic mass is 10.1. The third kappa shape index (κ3) is 6.08. The Bertz CT molecular complexity index is 456. The van der Waals surface area contributed by atoms with E-state index in [0.717, 1.165) is 6.42 Å². The summed E-state index contributed by atoms with van der Waals surface area (Å²) in [6.45, 7) is 4.48. The van der Waals surface area contributed by atoms with Gasteiger partial charge in [0.2, 0.25) is 0 Å². The molecule has 0 fully saturated rings. The van der Waals surface area contributed by atoms with E-state index < -0.39 is 29.9 Å². The average molecular weight is 300 g/mol. The van der Waals surface area contributed by atoms with Crippen LogP contribution in [0.5, 0.6) is 5.75 Å². The van der Waals surface area contributed by atoms with Gasteiger partial charge in [0.25, 0.3) is 5.91 Å². The van der Waals surface area contributed by atoms with Gasteiger partial charge in [-0.15, -0.1) is 0 Å². The molecule has 21 heavy (non-hydrogen) atoms. The predicted octanol–water partition coefficient (Wildman–Crippen LogP) is 2.01. The summed E-state index contributed by atoms with van der Waals surface area (Å²) in [5, 5.41) is 2.63. The maximum atomic E-state index is 13.7. The van der Waals surface area contributed by atoms with Gasteiger partial charge in [-0.25, -0.2) is 8.78 Å². The maximum Gasteiger partial charge on any atom is 0.257 e. The first kappa shape index (κ1) is 17.4.